The Morgan fingerprint density at radius 2 is 1.74 bits per heavy atom. The lowest BCUT2D eigenvalue weighted by atomic mass is 10.3. The monoisotopic (exact) mass is 438 g/mol. The highest BCUT2D eigenvalue weighted by Gasteiger charge is 2.32. The molecule has 1 fully saturated rings. The maximum absolute atomic E-state index is 12.8. The summed E-state index contributed by atoms with van der Waals surface area (Å²) < 4.78 is 56.3. The summed E-state index contributed by atoms with van der Waals surface area (Å²) >= 11 is 6.07. The van der Waals surface area contributed by atoms with Gasteiger partial charge in [0.25, 0.3) is 0 Å². The molecule has 1 amide bonds. The van der Waals surface area contributed by atoms with Crippen molar-refractivity contribution in [3.05, 3.63) is 23.2 Å². The summed E-state index contributed by atoms with van der Waals surface area (Å²) in [6, 6.07) is 4.01. The van der Waals surface area contributed by atoms with Crippen molar-refractivity contribution in [2.45, 2.75) is 36.2 Å². The molecule has 1 heterocycles. The maximum atomic E-state index is 12.8. The van der Waals surface area contributed by atoms with Crippen LogP contribution in [0.2, 0.25) is 5.02 Å². The Bertz CT molecular complexity index is 909. The van der Waals surface area contributed by atoms with Crippen LogP contribution >= 0.6 is 11.6 Å². The molecule has 8 nitrogen and oxygen atoms in total. The zero-order chi connectivity index (χ0) is 20.4. The molecule has 0 bridgehead atoms. The first-order valence-electron chi connectivity index (χ1n) is 8.39. The molecule has 152 valence electrons. The summed E-state index contributed by atoms with van der Waals surface area (Å²) in [4.78, 5) is 12.2. The fourth-order valence-electron chi connectivity index (χ4n) is 2.51. The van der Waals surface area contributed by atoms with Crippen LogP contribution in [0, 0.1) is 0 Å². The van der Waals surface area contributed by atoms with E-state index in [1.807, 2.05) is 0 Å². The number of halogens is 1. The Hall–Kier alpha value is -1.20. The van der Waals surface area contributed by atoms with Crippen molar-refractivity contribution in [3.63, 3.8) is 0 Å². The second-order valence-corrected chi connectivity index (χ2v) is 11.6. The largest absolute Gasteiger partial charge is 0.379 e. The zero-order valence-corrected chi connectivity index (χ0v) is 17.7. The third kappa shape index (κ3) is 4.80. The van der Waals surface area contributed by atoms with E-state index >= 15 is 0 Å². The van der Waals surface area contributed by atoms with Gasteiger partial charge < -0.3 is 10.1 Å². The van der Waals surface area contributed by atoms with Crippen molar-refractivity contribution in [1.82, 2.24) is 4.31 Å². The molecule has 0 radical (unpaired) electrons. The average Bonchev–Trinajstić information content (AvgIpc) is 2.63. The molecule has 2 rings (SSSR count). The predicted octanol–water partition coefficient (Wildman–Crippen LogP) is 1.51. The number of anilines is 1. The van der Waals surface area contributed by atoms with Crippen molar-refractivity contribution < 1.29 is 26.4 Å². The van der Waals surface area contributed by atoms with Crippen LogP contribution in [-0.2, 0) is 29.4 Å². The molecule has 1 atom stereocenters. The van der Waals surface area contributed by atoms with Gasteiger partial charge in [0, 0.05) is 18.8 Å². The van der Waals surface area contributed by atoms with Gasteiger partial charge in [-0.05, 0) is 39.0 Å². The highest BCUT2D eigenvalue weighted by Crippen LogP contribution is 2.28. The van der Waals surface area contributed by atoms with Crippen molar-refractivity contribution in [1.29, 1.82) is 0 Å². The van der Waals surface area contributed by atoms with Gasteiger partial charge in [-0.3, -0.25) is 4.79 Å². The molecule has 1 aromatic carbocycles. The Morgan fingerprint density at radius 1 is 1.15 bits per heavy atom. The van der Waals surface area contributed by atoms with E-state index in [9.17, 15) is 21.6 Å². The molecule has 1 aromatic rings. The summed E-state index contributed by atoms with van der Waals surface area (Å²) in [7, 11) is -7.50. The van der Waals surface area contributed by atoms with Crippen LogP contribution in [0.15, 0.2) is 23.1 Å². The Balaban J connectivity index is 2.28. The van der Waals surface area contributed by atoms with Gasteiger partial charge in [0.2, 0.25) is 15.9 Å². The third-order valence-electron chi connectivity index (χ3n) is 4.31. The van der Waals surface area contributed by atoms with E-state index < -0.39 is 36.3 Å². The SMILES string of the molecule is CC(C)S(=O)(=O)C(C)C(=O)Nc1ccc(Cl)c(S(=O)(=O)N2CCOCC2)c1. The topological polar surface area (TPSA) is 110 Å². The van der Waals surface area contributed by atoms with Crippen molar-refractivity contribution >= 4 is 43.1 Å². The average molecular weight is 439 g/mol. The number of ether oxygens (including phenoxy) is 1. The summed E-state index contributed by atoms with van der Waals surface area (Å²) in [5.41, 5.74) is 0.155. The van der Waals surface area contributed by atoms with Gasteiger partial charge in [-0.15, -0.1) is 0 Å². The maximum Gasteiger partial charge on any atom is 0.244 e. The number of rotatable bonds is 6. The first-order chi connectivity index (χ1) is 12.5. The van der Waals surface area contributed by atoms with Gasteiger partial charge in [-0.25, -0.2) is 16.8 Å². The van der Waals surface area contributed by atoms with Crippen LogP contribution in [0.1, 0.15) is 20.8 Å². The summed E-state index contributed by atoms with van der Waals surface area (Å²) in [5, 5.41) is 0.498. The van der Waals surface area contributed by atoms with Crippen molar-refractivity contribution in [2.75, 3.05) is 31.6 Å². The van der Waals surface area contributed by atoms with Crippen molar-refractivity contribution in [2.24, 2.45) is 0 Å². The molecule has 27 heavy (non-hydrogen) atoms. The quantitative estimate of drug-likeness (QED) is 0.720. The lowest BCUT2D eigenvalue weighted by Gasteiger charge is -2.26. The number of carbonyl (C=O) groups is 1. The van der Waals surface area contributed by atoms with Crippen LogP contribution in [0.4, 0.5) is 5.69 Å². The van der Waals surface area contributed by atoms with E-state index in [1.165, 1.54) is 43.3 Å². The Morgan fingerprint density at radius 3 is 2.30 bits per heavy atom. The van der Waals surface area contributed by atoms with E-state index in [0.717, 1.165) is 0 Å². The second-order valence-electron chi connectivity index (χ2n) is 6.43. The van der Waals surface area contributed by atoms with Gasteiger partial charge >= 0.3 is 0 Å². The molecule has 0 spiro atoms. The number of hydrogen-bond donors (Lipinski definition) is 1. The molecule has 1 unspecified atom stereocenters. The normalized spacial score (nSPS) is 17.7. The highest BCUT2D eigenvalue weighted by atomic mass is 35.5. The van der Waals surface area contributed by atoms with E-state index in [4.69, 9.17) is 16.3 Å². The molecular weight excluding hydrogens is 416 g/mol. The van der Waals surface area contributed by atoms with E-state index in [2.05, 4.69) is 5.32 Å². The molecular formula is C16H23ClN2O6S2. The van der Waals surface area contributed by atoms with E-state index in [0.29, 0.717) is 0 Å². The number of benzene rings is 1. The minimum Gasteiger partial charge on any atom is -0.379 e. The minimum absolute atomic E-state index is 0.0161. The predicted molar refractivity (Wildman–Crippen MR) is 103 cm³/mol. The first kappa shape index (κ1) is 22.1. The number of morpholine rings is 1. The van der Waals surface area contributed by atoms with Gasteiger partial charge in [0.15, 0.2) is 9.84 Å². The van der Waals surface area contributed by atoms with Gasteiger partial charge in [-0.2, -0.15) is 4.31 Å². The number of nitrogens with zero attached hydrogens (tertiary/aromatic N) is 1. The van der Waals surface area contributed by atoms with Crippen LogP contribution < -0.4 is 5.32 Å². The summed E-state index contributed by atoms with van der Waals surface area (Å²) in [5.74, 6) is -0.735. The van der Waals surface area contributed by atoms with Gasteiger partial charge in [0.05, 0.1) is 23.5 Å². The number of sulfone groups is 1. The molecule has 0 aromatic heterocycles. The number of carbonyl (C=O) groups excluding carboxylic acids is 1. The lowest BCUT2D eigenvalue weighted by Crippen LogP contribution is -2.40. The molecule has 1 aliphatic rings. The van der Waals surface area contributed by atoms with Crippen LogP contribution in [-0.4, -0.2) is 63.9 Å². The summed E-state index contributed by atoms with van der Waals surface area (Å²) in [6.07, 6.45) is 0. The standard InChI is InChI=1S/C16H23ClN2O6S2/c1-11(2)26(21,22)12(3)16(20)18-13-4-5-14(17)15(10-13)27(23,24)19-6-8-25-9-7-19/h4-5,10-12H,6-9H2,1-3H3,(H,18,20). The van der Waals surface area contributed by atoms with Gasteiger partial charge in [-0.1, -0.05) is 11.6 Å². The number of sulfonamides is 1. The van der Waals surface area contributed by atoms with Crippen LogP contribution in [0.25, 0.3) is 0 Å². The number of nitrogens with one attached hydrogen (secondary N) is 1. The van der Waals surface area contributed by atoms with Crippen LogP contribution in [0.5, 0.6) is 0 Å². The molecule has 0 aliphatic carbocycles. The van der Waals surface area contributed by atoms with Gasteiger partial charge in [0.1, 0.15) is 10.1 Å². The highest BCUT2D eigenvalue weighted by molar-refractivity contribution is 7.93. The minimum atomic E-state index is -3.86. The number of hydrogen-bond acceptors (Lipinski definition) is 6. The lowest BCUT2D eigenvalue weighted by molar-refractivity contribution is -0.115. The molecule has 1 N–H and O–H groups in total. The molecule has 1 aliphatic heterocycles. The second kappa shape index (κ2) is 8.44. The van der Waals surface area contributed by atoms with Crippen molar-refractivity contribution in [3.8, 4) is 0 Å². The summed E-state index contributed by atoms with van der Waals surface area (Å²) in [6.45, 7) is 5.28. The molecule has 1 saturated heterocycles. The fourth-order valence-corrected chi connectivity index (χ4v) is 5.59. The van der Waals surface area contributed by atoms with E-state index in [-0.39, 0.29) is 41.9 Å². The van der Waals surface area contributed by atoms with E-state index in [1.54, 1.807) is 0 Å². The Kier molecular flexibility index (Phi) is 6.91. The first-order valence-corrected chi connectivity index (χ1v) is 11.8. The fraction of sp³-hybridized carbons (Fsp3) is 0.562. The Labute approximate surface area is 164 Å². The van der Waals surface area contributed by atoms with Crippen LogP contribution in [0.3, 0.4) is 0 Å². The third-order valence-corrected chi connectivity index (χ3v) is 9.20. The zero-order valence-electron chi connectivity index (χ0n) is 15.3. The number of amides is 1. The molecule has 0 saturated carbocycles. The smallest absolute Gasteiger partial charge is 0.244 e. The molecule has 11 heteroatoms.